The molecule has 0 spiro atoms. The molecule has 0 amide bonds. The van der Waals surface area contributed by atoms with Crippen LogP contribution in [0.25, 0.3) is 10.2 Å². The molecule has 0 aromatic carbocycles. The Morgan fingerprint density at radius 1 is 1.62 bits per heavy atom. The van der Waals surface area contributed by atoms with Gasteiger partial charge in [0, 0.05) is 0 Å². The van der Waals surface area contributed by atoms with Crippen molar-refractivity contribution in [2.24, 2.45) is 0 Å². The van der Waals surface area contributed by atoms with Crippen molar-refractivity contribution in [1.82, 2.24) is 4.98 Å². The zero-order valence-corrected chi connectivity index (χ0v) is 9.26. The average Bonchev–Trinajstić information content (AvgIpc) is 2.66. The Morgan fingerprint density at radius 3 is 3.06 bits per heavy atom. The number of thiophene rings is 1. The molecule has 2 heterocycles. The van der Waals surface area contributed by atoms with Crippen LogP contribution in [0.3, 0.4) is 0 Å². The highest BCUT2D eigenvalue weighted by Crippen LogP contribution is 2.28. The van der Waals surface area contributed by atoms with Crippen LogP contribution in [0.15, 0.2) is 16.2 Å². The number of rotatable bonds is 2. The molecule has 6 heteroatoms. The number of esters is 1. The van der Waals surface area contributed by atoms with E-state index in [1.165, 1.54) is 11.3 Å². The number of aromatic nitrogens is 1. The summed E-state index contributed by atoms with van der Waals surface area (Å²) in [6.07, 6.45) is 0. The molecule has 0 aliphatic rings. The molecule has 2 aromatic rings. The van der Waals surface area contributed by atoms with Crippen molar-refractivity contribution >= 4 is 27.5 Å². The maximum absolute atomic E-state index is 11.6. The minimum atomic E-state index is -0.811. The molecule has 0 atom stereocenters. The first-order chi connectivity index (χ1) is 7.65. The lowest BCUT2D eigenvalue weighted by Crippen LogP contribution is -2.19. The zero-order chi connectivity index (χ0) is 11.7. The predicted octanol–water partition coefficient (Wildman–Crippen LogP) is 1.47. The summed E-state index contributed by atoms with van der Waals surface area (Å²) in [5.41, 5.74) is -0.973. The number of H-pyrrole nitrogens is 1. The van der Waals surface area contributed by atoms with Gasteiger partial charge in [-0.1, -0.05) is 0 Å². The van der Waals surface area contributed by atoms with Crippen molar-refractivity contribution in [3.8, 4) is 5.75 Å². The topological polar surface area (TPSA) is 79.4 Å². The molecule has 16 heavy (non-hydrogen) atoms. The quantitative estimate of drug-likeness (QED) is 0.778. The lowest BCUT2D eigenvalue weighted by atomic mass is 10.2. The van der Waals surface area contributed by atoms with Gasteiger partial charge in [-0.05, 0) is 18.4 Å². The fourth-order valence-electron chi connectivity index (χ4n) is 1.39. The fourth-order valence-corrected chi connectivity index (χ4v) is 2.18. The number of aromatic hydroxyl groups is 1. The maximum atomic E-state index is 11.6. The van der Waals surface area contributed by atoms with Crippen molar-refractivity contribution in [2.75, 3.05) is 6.61 Å². The van der Waals surface area contributed by atoms with E-state index in [2.05, 4.69) is 4.98 Å². The van der Waals surface area contributed by atoms with E-state index in [-0.39, 0.29) is 17.9 Å². The van der Waals surface area contributed by atoms with Gasteiger partial charge in [-0.3, -0.25) is 4.79 Å². The van der Waals surface area contributed by atoms with Crippen LogP contribution in [0.1, 0.15) is 17.3 Å². The van der Waals surface area contributed by atoms with Gasteiger partial charge < -0.3 is 14.8 Å². The number of hydrogen-bond acceptors (Lipinski definition) is 5. The second-order valence-electron chi connectivity index (χ2n) is 3.06. The number of aromatic amines is 1. The predicted molar refractivity (Wildman–Crippen MR) is 60.1 cm³/mol. The van der Waals surface area contributed by atoms with Crippen LogP contribution in [0.2, 0.25) is 0 Å². The highest BCUT2D eigenvalue weighted by Gasteiger charge is 2.20. The van der Waals surface area contributed by atoms with E-state index in [0.717, 1.165) is 0 Å². The third-order valence-corrected chi connectivity index (χ3v) is 2.92. The number of fused-ring (bicyclic) bond motifs is 1. The highest BCUT2D eigenvalue weighted by atomic mass is 32.1. The van der Waals surface area contributed by atoms with Crippen molar-refractivity contribution in [3.63, 3.8) is 0 Å². The summed E-state index contributed by atoms with van der Waals surface area (Å²) in [6.45, 7) is 1.78. The van der Waals surface area contributed by atoms with E-state index in [1.807, 2.05) is 0 Å². The smallest absolute Gasteiger partial charge is 0.347 e. The van der Waals surface area contributed by atoms with Crippen molar-refractivity contribution < 1.29 is 14.6 Å². The van der Waals surface area contributed by atoms with Gasteiger partial charge in [-0.2, -0.15) is 0 Å². The highest BCUT2D eigenvalue weighted by molar-refractivity contribution is 7.16. The Labute approximate surface area is 94.3 Å². The molecular weight excluding hydrogens is 230 g/mol. The van der Waals surface area contributed by atoms with Crippen LogP contribution < -0.4 is 5.56 Å². The van der Waals surface area contributed by atoms with Gasteiger partial charge in [0.15, 0.2) is 5.56 Å². The fraction of sp³-hybridized carbons (Fsp3) is 0.200. The third kappa shape index (κ3) is 1.57. The Bertz CT molecular complexity index is 598. The van der Waals surface area contributed by atoms with Gasteiger partial charge in [0.25, 0.3) is 5.56 Å². The van der Waals surface area contributed by atoms with Gasteiger partial charge in [0.1, 0.15) is 10.6 Å². The normalized spacial score (nSPS) is 10.6. The number of hydrogen-bond donors (Lipinski definition) is 2. The number of ether oxygens (including phenoxy) is 1. The zero-order valence-electron chi connectivity index (χ0n) is 8.44. The van der Waals surface area contributed by atoms with Gasteiger partial charge in [0.2, 0.25) is 0 Å². The summed E-state index contributed by atoms with van der Waals surface area (Å²) in [6, 6.07) is 1.63. The average molecular weight is 239 g/mol. The molecular formula is C10H9NO4S. The summed E-state index contributed by atoms with van der Waals surface area (Å²) < 4.78 is 4.70. The van der Waals surface area contributed by atoms with Crippen molar-refractivity contribution in [2.45, 2.75) is 6.92 Å². The standard InChI is InChI=1S/C10H9NO4S/c1-2-15-10(14)6-7(12)5-3-4-16-9(5)11-8(6)13/h3-4H,2H2,1H3,(H2,11,12,13). The molecule has 2 rings (SSSR count). The first kappa shape index (κ1) is 10.7. The molecule has 2 N–H and O–H groups in total. The van der Waals surface area contributed by atoms with Gasteiger partial charge in [-0.15, -0.1) is 11.3 Å². The molecule has 0 aliphatic carbocycles. The van der Waals surface area contributed by atoms with Crippen molar-refractivity contribution in [1.29, 1.82) is 0 Å². The molecule has 5 nitrogen and oxygen atoms in total. The molecule has 0 saturated heterocycles. The largest absolute Gasteiger partial charge is 0.506 e. The molecule has 2 aromatic heterocycles. The Balaban J connectivity index is 2.68. The van der Waals surface area contributed by atoms with E-state index < -0.39 is 11.5 Å². The summed E-state index contributed by atoms with van der Waals surface area (Å²) in [5.74, 6) is -1.13. The Kier molecular flexibility index (Phi) is 2.66. The van der Waals surface area contributed by atoms with Crippen LogP contribution >= 0.6 is 11.3 Å². The van der Waals surface area contributed by atoms with Gasteiger partial charge in [0.05, 0.1) is 12.0 Å². The van der Waals surface area contributed by atoms with Crippen LogP contribution in [-0.2, 0) is 4.74 Å². The molecule has 0 saturated carbocycles. The lowest BCUT2D eigenvalue weighted by Gasteiger charge is -2.03. The van der Waals surface area contributed by atoms with E-state index in [1.54, 1.807) is 18.4 Å². The number of carbonyl (C=O) groups excluding carboxylic acids is 1. The second kappa shape index (κ2) is 3.97. The van der Waals surface area contributed by atoms with Gasteiger partial charge in [-0.25, -0.2) is 4.79 Å². The number of carbonyl (C=O) groups is 1. The molecule has 0 fully saturated rings. The van der Waals surface area contributed by atoms with Crippen LogP contribution in [-0.4, -0.2) is 22.7 Å². The summed E-state index contributed by atoms with van der Waals surface area (Å²) >= 11 is 1.28. The van der Waals surface area contributed by atoms with Crippen molar-refractivity contribution in [3.05, 3.63) is 27.4 Å². The molecule has 0 radical (unpaired) electrons. The first-order valence-corrected chi connectivity index (χ1v) is 5.52. The van der Waals surface area contributed by atoms with E-state index in [4.69, 9.17) is 4.74 Å². The monoisotopic (exact) mass is 239 g/mol. The number of pyridine rings is 1. The Hall–Kier alpha value is -1.82. The Morgan fingerprint density at radius 2 is 2.38 bits per heavy atom. The minimum absolute atomic E-state index is 0.152. The maximum Gasteiger partial charge on any atom is 0.347 e. The minimum Gasteiger partial charge on any atom is -0.506 e. The second-order valence-corrected chi connectivity index (χ2v) is 3.98. The first-order valence-electron chi connectivity index (χ1n) is 4.64. The van der Waals surface area contributed by atoms with E-state index in [0.29, 0.717) is 10.2 Å². The lowest BCUT2D eigenvalue weighted by molar-refractivity contribution is 0.0521. The SMILES string of the molecule is CCOC(=O)c1c(O)c2ccsc2[nH]c1=O. The van der Waals surface area contributed by atoms with Gasteiger partial charge >= 0.3 is 5.97 Å². The third-order valence-electron chi connectivity index (χ3n) is 2.09. The number of nitrogens with one attached hydrogen (secondary N) is 1. The van der Waals surface area contributed by atoms with Crippen LogP contribution in [0, 0.1) is 0 Å². The molecule has 0 aliphatic heterocycles. The van der Waals surface area contributed by atoms with Crippen LogP contribution in [0.4, 0.5) is 0 Å². The van der Waals surface area contributed by atoms with Crippen LogP contribution in [0.5, 0.6) is 5.75 Å². The molecule has 0 bridgehead atoms. The van der Waals surface area contributed by atoms with E-state index in [9.17, 15) is 14.7 Å². The summed E-state index contributed by atoms with van der Waals surface area (Å²) in [5, 5.41) is 12.0. The molecule has 0 unspecified atom stereocenters. The molecule has 84 valence electrons. The summed E-state index contributed by atoms with van der Waals surface area (Å²) in [7, 11) is 0. The van der Waals surface area contributed by atoms with E-state index >= 15 is 0 Å². The summed E-state index contributed by atoms with van der Waals surface area (Å²) in [4.78, 5) is 26.1.